The largest absolute Gasteiger partial charge is 0.481 e. The van der Waals surface area contributed by atoms with Crippen LogP contribution in [0.5, 0.6) is 0 Å². The molecule has 1 aliphatic carbocycles. The maximum atomic E-state index is 12.7. The van der Waals surface area contributed by atoms with Crippen LogP contribution in [-0.4, -0.2) is 145 Å². The second kappa shape index (κ2) is 19.9. The number of carbonyl (C=O) groups excluding carboxylic acids is 3. The fraction of sp³-hybridized carbons (Fsp3) is 0.714. The van der Waals surface area contributed by atoms with Crippen LogP contribution in [0.4, 0.5) is 5.82 Å². The highest BCUT2D eigenvalue weighted by Crippen LogP contribution is 2.61. The molecule has 12 N–H and O–H groups in total. The molecule has 58 heavy (non-hydrogen) atoms. The summed E-state index contributed by atoms with van der Waals surface area (Å²) >= 11 is 0.864. The number of aliphatic hydroxyl groups is 4. The smallest absolute Gasteiger partial charge is 0.392 e. The summed E-state index contributed by atoms with van der Waals surface area (Å²) in [5.74, 6) is -2.30. The molecule has 2 aromatic rings. The zero-order valence-corrected chi connectivity index (χ0v) is 34.3. The van der Waals surface area contributed by atoms with Crippen LogP contribution in [0, 0.1) is 11.3 Å². The first-order valence-corrected chi connectivity index (χ1v) is 22.8. The number of nitrogens with two attached hydrogens (primary N) is 1. The molecule has 26 nitrogen and oxygen atoms in total. The highest BCUT2D eigenvalue weighted by atomic mass is 32.2. The van der Waals surface area contributed by atoms with Gasteiger partial charge >= 0.3 is 23.5 Å². The van der Waals surface area contributed by atoms with Crippen LogP contribution in [0.2, 0.25) is 0 Å². The number of aliphatic hydroxyl groups excluding tert-OH is 4. The van der Waals surface area contributed by atoms with E-state index in [0.29, 0.717) is 19.3 Å². The Kier molecular flexibility index (Phi) is 16.5. The summed E-state index contributed by atoms with van der Waals surface area (Å²) in [4.78, 5) is 88.1. The number of nitrogen functional groups attached to an aromatic ring is 1. The van der Waals surface area contributed by atoms with Crippen molar-refractivity contribution in [1.29, 1.82) is 0 Å². The van der Waals surface area contributed by atoms with Gasteiger partial charge < -0.3 is 61.1 Å². The molecule has 2 aliphatic rings. The van der Waals surface area contributed by atoms with E-state index in [0.717, 1.165) is 29.0 Å². The molecule has 30 heteroatoms. The van der Waals surface area contributed by atoms with Gasteiger partial charge in [0.15, 0.2) is 22.8 Å². The Morgan fingerprint density at radius 2 is 1.67 bits per heavy atom. The van der Waals surface area contributed by atoms with Gasteiger partial charge in [-0.15, -0.1) is 0 Å². The lowest BCUT2D eigenvalue weighted by Crippen LogP contribution is -2.46. The van der Waals surface area contributed by atoms with Crippen LogP contribution in [0.1, 0.15) is 45.8 Å². The molecule has 1 saturated carbocycles. The maximum absolute atomic E-state index is 12.7. The second-order valence-electron chi connectivity index (χ2n) is 13.8. The molecule has 0 bridgehead atoms. The third-order valence-electron chi connectivity index (χ3n) is 8.85. The van der Waals surface area contributed by atoms with Gasteiger partial charge in [0, 0.05) is 30.7 Å². The van der Waals surface area contributed by atoms with Gasteiger partial charge in [0.2, 0.25) is 11.8 Å². The predicted molar refractivity (Wildman–Crippen MR) is 196 cm³/mol. The number of hydrogen-bond acceptors (Lipinski definition) is 20. The molecule has 3 heterocycles. The van der Waals surface area contributed by atoms with Gasteiger partial charge in [-0.2, -0.15) is 4.31 Å². The number of ether oxygens (including phenoxy) is 1. The van der Waals surface area contributed by atoms with Crippen molar-refractivity contribution in [1.82, 2.24) is 30.2 Å². The average molecular weight is 910 g/mol. The number of nitrogens with one attached hydrogen (secondary N) is 2. The fourth-order valence-electron chi connectivity index (χ4n) is 5.84. The van der Waals surface area contributed by atoms with Crippen molar-refractivity contribution in [2.45, 2.75) is 82.4 Å². The summed E-state index contributed by atoms with van der Waals surface area (Å²) in [5.41, 5.74) is 4.21. The van der Waals surface area contributed by atoms with E-state index < -0.39 is 103 Å². The topological polar surface area (TPSA) is 404 Å². The van der Waals surface area contributed by atoms with Gasteiger partial charge in [0.25, 0.3) is 0 Å². The average Bonchev–Trinajstić information content (AvgIpc) is 3.68. The van der Waals surface area contributed by atoms with Crippen LogP contribution in [0.25, 0.3) is 11.2 Å². The first kappa shape index (κ1) is 48.1. The summed E-state index contributed by atoms with van der Waals surface area (Å²) in [6.45, 7) is 0.228. The van der Waals surface area contributed by atoms with Gasteiger partial charge in [-0.25, -0.2) is 28.6 Å². The van der Waals surface area contributed by atoms with Crippen LogP contribution < -0.4 is 16.4 Å². The third kappa shape index (κ3) is 13.2. The van der Waals surface area contributed by atoms with Crippen molar-refractivity contribution >= 4 is 69.1 Å². The molecule has 2 amide bonds. The zero-order chi connectivity index (χ0) is 43.2. The summed E-state index contributed by atoms with van der Waals surface area (Å²) in [7, 11) is -16.4. The monoisotopic (exact) mass is 909 g/mol. The van der Waals surface area contributed by atoms with Crippen LogP contribution in [-0.2, 0) is 50.7 Å². The normalized spacial score (nSPS) is 26.8. The van der Waals surface area contributed by atoms with Crippen LogP contribution in [0.3, 0.4) is 0 Å². The van der Waals surface area contributed by atoms with Crippen molar-refractivity contribution in [3.63, 3.8) is 0 Å². The number of phosphoric acid groups is 3. The quantitative estimate of drug-likeness (QED) is 0.0515. The Labute approximate surface area is 333 Å². The molecular weight excluding hydrogens is 863 g/mol. The number of amides is 2. The number of rotatable bonds is 20. The Morgan fingerprint density at radius 3 is 2.33 bits per heavy atom. The molecule has 2 fully saturated rings. The minimum absolute atomic E-state index is 0.0218. The van der Waals surface area contributed by atoms with E-state index in [1.54, 1.807) is 0 Å². The van der Waals surface area contributed by atoms with Crippen molar-refractivity contribution < 1.29 is 90.7 Å². The van der Waals surface area contributed by atoms with E-state index in [2.05, 4.69) is 34.4 Å². The molecule has 5 unspecified atom stereocenters. The van der Waals surface area contributed by atoms with Crippen molar-refractivity contribution in [3.8, 4) is 0 Å². The summed E-state index contributed by atoms with van der Waals surface area (Å²) in [6.07, 6.45) is -7.51. The summed E-state index contributed by atoms with van der Waals surface area (Å²) < 4.78 is 62.1. The zero-order valence-electron chi connectivity index (χ0n) is 30.8. The Balaban J connectivity index is 1.22. The number of anilines is 1. The SMILES string of the molecule is CC(C)(COP(=O)(O)OP(=O)(O)OC[C@H]1O[C@@H](n2cnc3c(N)ncnc32)[C@H](O)[C@@H]1OP(=O)(O)O)C(O)C(=O)NCCC(=O)NCCSC(=O)C1C(O)CCCC1O. The first-order valence-electron chi connectivity index (χ1n) is 17.3. The Bertz CT molecular complexity index is 1910. The second-order valence-corrected chi connectivity index (χ2v) is 19.2. The van der Waals surface area contributed by atoms with E-state index >= 15 is 0 Å². The molecule has 1 aliphatic heterocycles. The van der Waals surface area contributed by atoms with Gasteiger partial charge in [0.05, 0.1) is 37.7 Å². The number of nitrogens with zero attached hydrogens (tertiary/aromatic N) is 4. The molecular formula is C28H46N7O19P3S. The molecule has 4 rings (SSSR count). The van der Waals surface area contributed by atoms with Gasteiger partial charge in [-0.1, -0.05) is 25.6 Å². The van der Waals surface area contributed by atoms with Gasteiger partial charge in [0.1, 0.15) is 36.3 Å². The number of fused-ring (bicyclic) bond motifs is 1. The summed E-state index contributed by atoms with van der Waals surface area (Å²) in [6, 6.07) is 0. The predicted octanol–water partition coefficient (Wildman–Crippen LogP) is -1.81. The minimum Gasteiger partial charge on any atom is -0.392 e. The van der Waals surface area contributed by atoms with E-state index in [9.17, 15) is 68.1 Å². The highest BCUT2D eigenvalue weighted by molar-refractivity contribution is 8.13. The van der Waals surface area contributed by atoms with E-state index in [1.165, 1.54) is 13.8 Å². The van der Waals surface area contributed by atoms with Crippen molar-refractivity contribution in [2.24, 2.45) is 11.3 Å². The standard InChI is InChI=1S/C28H46N7O19P3S/c1-28(2,22(40)25(41)31-7-6-17(38)30-8-9-58-27(42)18-14(36)4-3-5-15(18)37)11-51-57(48,49)54-56(46,47)50-10-16-21(53-55(43,44)45)20(39)26(52-16)35-13-34-19-23(29)32-12-33-24(19)35/h12-16,18,20-22,26,36-37,39-40H,3-11H2,1-2H3,(H,30,38)(H,31,41)(H,46,47)(H,48,49)(H2,29,32,33)(H2,43,44,45)/t14?,15?,16-,18?,20-,21-,22?,26-/m1/s1. The number of imidazole rings is 1. The Morgan fingerprint density at radius 1 is 1.02 bits per heavy atom. The lowest BCUT2D eigenvalue weighted by Gasteiger charge is -2.30. The first-order chi connectivity index (χ1) is 26.9. The number of thioether (sulfide) groups is 1. The number of hydrogen-bond donors (Lipinski definition) is 11. The van der Waals surface area contributed by atoms with Crippen molar-refractivity contribution in [2.75, 3.05) is 37.8 Å². The number of phosphoric ester groups is 3. The number of aromatic nitrogens is 4. The third-order valence-corrected chi connectivity index (χ3v) is 12.9. The molecule has 328 valence electrons. The molecule has 0 spiro atoms. The van der Waals surface area contributed by atoms with E-state index in [-0.39, 0.29) is 47.4 Å². The Hall–Kier alpha value is -2.52. The maximum Gasteiger partial charge on any atom is 0.481 e. The minimum atomic E-state index is -5.59. The van der Waals surface area contributed by atoms with Crippen LogP contribution in [0.15, 0.2) is 12.7 Å². The molecule has 0 radical (unpaired) electrons. The van der Waals surface area contributed by atoms with Gasteiger partial charge in [-0.3, -0.25) is 32.5 Å². The lowest BCUT2D eigenvalue weighted by molar-refractivity contribution is -0.137. The lowest BCUT2D eigenvalue weighted by atomic mass is 9.85. The fourth-order valence-corrected chi connectivity index (χ4v) is 9.58. The molecule has 1 saturated heterocycles. The molecule has 9 atom stereocenters. The van der Waals surface area contributed by atoms with Crippen molar-refractivity contribution in [3.05, 3.63) is 12.7 Å². The van der Waals surface area contributed by atoms with Crippen LogP contribution >= 0.6 is 35.2 Å². The molecule has 0 aromatic carbocycles. The van der Waals surface area contributed by atoms with E-state index in [4.69, 9.17) is 19.5 Å². The van der Waals surface area contributed by atoms with Gasteiger partial charge in [-0.05, 0) is 19.3 Å². The number of carbonyl (C=O) groups is 3. The summed E-state index contributed by atoms with van der Waals surface area (Å²) in [5, 5.41) is 46.0. The van der Waals surface area contributed by atoms with E-state index in [1.807, 2.05) is 0 Å². The highest BCUT2D eigenvalue weighted by Gasteiger charge is 2.50. The molecule has 2 aromatic heterocycles.